The number of nitrogens with zero attached hydrogens (tertiary/aromatic N) is 7. The maximum Gasteiger partial charge on any atom is 0.225 e. The first-order chi connectivity index (χ1) is 12.3. The third-order valence-corrected chi connectivity index (χ3v) is 4.47. The summed E-state index contributed by atoms with van der Waals surface area (Å²) < 4.78 is 18.3. The number of morpholine rings is 1. The molecule has 2 aliphatic heterocycles. The van der Waals surface area contributed by atoms with Crippen molar-refractivity contribution >= 4 is 17.6 Å². The van der Waals surface area contributed by atoms with E-state index in [4.69, 9.17) is 4.74 Å². The first kappa shape index (κ1) is 15.9. The smallest absolute Gasteiger partial charge is 0.225 e. The maximum absolute atomic E-state index is 13.0. The molecule has 0 bridgehead atoms. The Bertz CT molecular complexity index is 700. The van der Waals surface area contributed by atoms with Crippen molar-refractivity contribution in [2.75, 3.05) is 67.2 Å². The summed E-state index contributed by atoms with van der Waals surface area (Å²) in [4.78, 5) is 23.4. The van der Waals surface area contributed by atoms with Crippen molar-refractivity contribution in [3.8, 4) is 0 Å². The minimum atomic E-state index is -0.418. The van der Waals surface area contributed by atoms with Gasteiger partial charge in [0.1, 0.15) is 18.0 Å². The number of halogens is 1. The van der Waals surface area contributed by atoms with Gasteiger partial charge in [-0.05, 0) is 0 Å². The quantitative estimate of drug-likeness (QED) is 0.800. The molecule has 8 nitrogen and oxygen atoms in total. The van der Waals surface area contributed by atoms with Gasteiger partial charge in [0.25, 0.3) is 0 Å². The maximum atomic E-state index is 13.0. The molecule has 0 atom stereocenters. The van der Waals surface area contributed by atoms with E-state index in [0.717, 1.165) is 64.1 Å². The molecule has 0 N–H and O–H groups in total. The van der Waals surface area contributed by atoms with Crippen molar-refractivity contribution in [1.29, 1.82) is 0 Å². The van der Waals surface area contributed by atoms with Gasteiger partial charge >= 0.3 is 0 Å². The second-order valence-electron chi connectivity index (χ2n) is 6.01. The summed E-state index contributed by atoms with van der Waals surface area (Å²) >= 11 is 0. The Kier molecular flexibility index (Phi) is 4.55. The summed E-state index contributed by atoms with van der Waals surface area (Å²) in [6.45, 7) is 6.31. The Morgan fingerprint density at radius 1 is 0.760 bits per heavy atom. The number of hydrogen-bond acceptors (Lipinski definition) is 8. The van der Waals surface area contributed by atoms with Crippen LogP contribution in [0, 0.1) is 5.82 Å². The molecule has 0 unspecified atom stereocenters. The van der Waals surface area contributed by atoms with Crippen LogP contribution < -0.4 is 14.7 Å². The first-order valence-electron chi connectivity index (χ1n) is 8.42. The third-order valence-electron chi connectivity index (χ3n) is 4.47. The topological polar surface area (TPSA) is 70.5 Å². The highest BCUT2D eigenvalue weighted by Gasteiger charge is 2.21. The molecule has 0 aromatic carbocycles. The Balaban J connectivity index is 1.41. The Labute approximate surface area is 145 Å². The molecule has 2 fully saturated rings. The monoisotopic (exact) mass is 345 g/mol. The molecular formula is C16H20FN7O. The Morgan fingerprint density at radius 3 is 1.96 bits per heavy atom. The van der Waals surface area contributed by atoms with Crippen molar-refractivity contribution in [1.82, 2.24) is 19.9 Å². The van der Waals surface area contributed by atoms with Crippen molar-refractivity contribution < 1.29 is 9.13 Å². The van der Waals surface area contributed by atoms with Gasteiger partial charge in [0.2, 0.25) is 5.95 Å². The SMILES string of the molecule is Fc1cnc(N2CCN(c3cc(N4CCOCC4)ncn3)CC2)nc1. The zero-order valence-corrected chi connectivity index (χ0v) is 13.9. The van der Waals surface area contributed by atoms with E-state index in [1.165, 1.54) is 12.4 Å². The summed E-state index contributed by atoms with van der Waals surface area (Å²) in [5.74, 6) is 2.02. The molecule has 4 heterocycles. The molecule has 4 rings (SSSR count). The lowest BCUT2D eigenvalue weighted by atomic mass is 10.3. The molecule has 2 saturated heterocycles. The summed E-state index contributed by atoms with van der Waals surface area (Å²) in [7, 11) is 0. The fourth-order valence-electron chi connectivity index (χ4n) is 3.08. The highest BCUT2D eigenvalue weighted by atomic mass is 19.1. The molecule has 0 amide bonds. The van der Waals surface area contributed by atoms with Crippen molar-refractivity contribution in [2.24, 2.45) is 0 Å². The molecule has 0 saturated carbocycles. The van der Waals surface area contributed by atoms with Crippen LogP contribution in [0.15, 0.2) is 24.8 Å². The average molecular weight is 345 g/mol. The van der Waals surface area contributed by atoms with E-state index in [9.17, 15) is 4.39 Å². The highest BCUT2D eigenvalue weighted by molar-refractivity contribution is 5.51. The number of hydrogen-bond donors (Lipinski definition) is 0. The van der Waals surface area contributed by atoms with Crippen LogP contribution in [0.3, 0.4) is 0 Å². The van der Waals surface area contributed by atoms with Crippen LogP contribution in [-0.2, 0) is 4.74 Å². The van der Waals surface area contributed by atoms with E-state index in [-0.39, 0.29) is 0 Å². The normalized spacial score (nSPS) is 18.5. The molecule has 2 aliphatic rings. The van der Waals surface area contributed by atoms with Crippen LogP contribution in [0.25, 0.3) is 0 Å². The van der Waals surface area contributed by atoms with Crippen LogP contribution in [-0.4, -0.2) is 72.4 Å². The van der Waals surface area contributed by atoms with Gasteiger partial charge in [-0.15, -0.1) is 0 Å². The highest BCUT2D eigenvalue weighted by Crippen LogP contribution is 2.20. The van der Waals surface area contributed by atoms with Crippen LogP contribution in [0.2, 0.25) is 0 Å². The molecular weight excluding hydrogens is 325 g/mol. The molecule has 0 radical (unpaired) electrons. The van der Waals surface area contributed by atoms with Gasteiger partial charge in [0.15, 0.2) is 5.82 Å². The largest absolute Gasteiger partial charge is 0.378 e. The molecule has 2 aromatic heterocycles. The predicted molar refractivity (Wildman–Crippen MR) is 91.5 cm³/mol. The van der Waals surface area contributed by atoms with Gasteiger partial charge in [-0.3, -0.25) is 0 Å². The molecule has 9 heteroatoms. The Hall–Kier alpha value is -2.55. The Morgan fingerprint density at radius 2 is 1.32 bits per heavy atom. The number of aromatic nitrogens is 4. The third kappa shape index (κ3) is 3.60. The van der Waals surface area contributed by atoms with Gasteiger partial charge in [-0.25, -0.2) is 24.3 Å². The fourth-order valence-corrected chi connectivity index (χ4v) is 3.08. The van der Waals surface area contributed by atoms with Crippen LogP contribution in [0.4, 0.5) is 22.0 Å². The van der Waals surface area contributed by atoms with E-state index in [0.29, 0.717) is 5.95 Å². The fraction of sp³-hybridized carbons (Fsp3) is 0.500. The van der Waals surface area contributed by atoms with Gasteiger partial charge in [-0.1, -0.05) is 0 Å². The van der Waals surface area contributed by atoms with Crippen molar-refractivity contribution in [3.63, 3.8) is 0 Å². The second kappa shape index (κ2) is 7.14. The van der Waals surface area contributed by atoms with Gasteiger partial charge in [-0.2, -0.15) is 0 Å². The van der Waals surface area contributed by atoms with Crippen LogP contribution >= 0.6 is 0 Å². The molecule has 0 aliphatic carbocycles. The average Bonchev–Trinajstić information content (AvgIpc) is 2.70. The summed E-state index contributed by atoms with van der Waals surface area (Å²) in [6.07, 6.45) is 4.02. The van der Waals surface area contributed by atoms with E-state index >= 15 is 0 Å². The summed E-state index contributed by atoms with van der Waals surface area (Å²) in [5, 5.41) is 0. The molecule has 2 aromatic rings. The lowest BCUT2D eigenvalue weighted by Crippen LogP contribution is -2.47. The number of rotatable bonds is 3. The molecule has 132 valence electrons. The minimum Gasteiger partial charge on any atom is -0.378 e. The zero-order valence-electron chi connectivity index (χ0n) is 13.9. The number of ether oxygens (including phenoxy) is 1. The van der Waals surface area contributed by atoms with E-state index in [1.807, 2.05) is 6.07 Å². The van der Waals surface area contributed by atoms with Gasteiger partial charge < -0.3 is 19.4 Å². The number of anilines is 3. The lowest BCUT2D eigenvalue weighted by Gasteiger charge is -2.35. The van der Waals surface area contributed by atoms with Gasteiger partial charge in [0, 0.05) is 45.3 Å². The van der Waals surface area contributed by atoms with Crippen molar-refractivity contribution in [2.45, 2.75) is 0 Å². The summed E-state index contributed by atoms with van der Waals surface area (Å²) in [5.41, 5.74) is 0. The van der Waals surface area contributed by atoms with E-state index in [2.05, 4.69) is 34.6 Å². The number of piperazine rings is 1. The minimum absolute atomic E-state index is 0.418. The standard InChI is InChI=1S/C16H20FN7O/c17-13-10-18-16(19-11-13)24-3-1-22(2-4-24)14-9-15(21-12-20-14)23-5-7-25-8-6-23/h9-12H,1-8H2. The lowest BCUT2D eigenvalue weighted by molar-refractivity contribution is 0.122. The van der Waals surface area contributed by atoms with Crippen molar-refractivity contribution in [3.05, 3.63) is 30.6 Å². The second-order valence-corrected chi connectivity index (χ2v) is 6.01. The summed E-state index contributed by atoms with van der Waals surface area (Å²) in [6, 6.07) is 2.04. The molecule has 0 spiro atoms. The predicted octanol–water partition coefficient (Wildman–Crippen LogP) is 0.569. The molecule has 25 heavy (non-hydrogen) atoms. The van der Waals surface area contributed by atoms with Gasteiger partial charge in [0.05, 0.1) is 25.6 Å². The first-order valence-corrected chi connectivity index (χ1v) is 8.42. The van der Waals surface area contributed by atoms with Crippen LogP contribution in [0.1, 0.15) is 0 Å². The zero-order chi connectivity index (χ0) is 17.1. The van der Waals surface area contributed by atoms with E-state index in [1.54, 1.807) is 6.33 Å². The van der Waals surface area contributed by atoms with E-state index < -0.39 is 5.82 Å². The van der Waals surface area contributed by atoms with Crippen LogP contribution in [0.5, 0.6) is 0 Å².